The minimum atomic E-state index is -0.451. The third-order valence-corrected chi connectivity index (χ3v) is 5.26. The van der Waals surface area contributed by atoms with Gasteiger partial charge in [-0.05, 0) is 63.3 Å². The summed E-state index contributed by atoms with van der Waals surface area (Å²) in [6.07, 6.45) is 4.36. The molecule has 4 rings (SSSR count). The monoisotopic (exact) mass is 379 g/mol. The van der Waals surface area contributed by atoms with E-state index in [1.807, 2.05) is 33.0 Å². The highest BCUT2D eigenvalue weighted by atomic mass is 16.6. The summed E-state index contributed by atoms with van der Waals surface area (Å²) in [6, 6.07) is 14.7. The molecule has 0 atom stereocenters. The maximum absolute atomic E-state index is 12.1. The number of para-hydroxylation sites is 1. The predicted molar refractivity (Wildman–Crippen MR) is 111 cm³/mol. The van der Waals surface area contributed by atoms with Gasteiger partial charge in [0, 0.05) is 37.4 Å². The first-order valence-corrected chi connectivity index (χ1v) is 10.2. The number of pyridine rings is 1. The fraction of sp³-hybridized carbons (Fsp3) is 0.478. The first kappa shape index (κ1) is 18.8. The van der Waals surface area contributed by atoms with Crippen LogP contribution in [0.15, 0.2) is 48.7 Å². The zero-order chi connectivity index (χ0) is 19.7. The van der Waals surface area contributed by atoms with Gasteiger partial charge in [-0.1, -0.05) is 24.3 Å². The molecule has 1 aliphatic heterocycles. The predicted octanol–water partition coefficient (Wildman–Crippen LogP) is 4.96. The number of amides is 1. The van der Waals surface area contributed by atoms with Crippen molar-refractivity contribution in [2.75, 3.05) is 24.5 Å². The second-order valence-electron chi connectivity index (χ2n) is 8.92. The summed E-state index contributed by atoms with van der Waals surface area (Å²) in [5.41, 5.74) is 1.92. The van der Waals surface area contributed by atoms with Crippen molar-refractivity contribution in [1.29, 1.82) is 0 Å². The number of carbonyl (C=O) groups is 1. The molecule has 0 N–H and O–H groups in total. The molecule has 148 valence electrons. The van der Waals surface area contributed by atoms with Gasteiger partial charge in [0.15, 0.2) is 0 Å². The van der Waals surface area contributed by atoms with Crippen molar-refractivity contribution in [2.24, 2.45) is 5.92 Å². The second-order valence-corrected chi connectivity index (χ2v) is 8.92. The number of rotatable bonds is 5. The van der Waals surface area contributed by atoms with Gasteiger partial charge < -0.3 is 14.5 Å². The standard InChI is InChI=1S/C23H29N3O2/c1-23(2,3)28-22(27)25-15-19(16-25)18-11-12-21(24-13-18)26(14-17-9-10-17)20-7-5-4-6-8-20/h4-8,11-13,17,19H,9-10,14-16H2,1-3H3. The van der Waals surface area contributed by atoms with Crippen LogP contribution in [0.4, 0.5) is 16.3 Å². The van der Waals surface area contributed by atoms with Crippen molar-refractivity contribution < 1.29 is 9.53 Å². The SMILES string of the molecule is CC(C)(C)OC(=O)N1CC(c2ccc(N(CC3CC3)c3ccccc3)nc2)C1. The third kappa shape index (κ3) is 4.46. The van der Waals surface area contributed by atoms with Gasteiger partial charge in [0.05, 0.1) is 0 Å². The van der Waals surface area contributed by atoms with Crippen LogP contribution >= 0.6 is 0 Å². The van der Waals surface area contributed by atoms with E-state index in [9.17, 15) is 4.79 Å². The van der Waals surface area contributed by atoms with Gasteiger partial charge >= 0.3 is 6.09 Å². The molecule has 5 nitrogen and oxygen atoms in total. The molecule has 2 fully saturated rings. The highest BCUT2D eigenvalue weighted by Crippen LogP contribution is 2.35. The number of nitrogens with zero attached hydrogens (tertiary/aromatic N) is 3. The van der Waals surface area contributed by atoms with Gasteiger partial charge in [-0.2, -0.15) is 0 Å². The number of benzene rings is 1. The van der Waals surface area contributed by atoms with E-state index in [0.717, 1.165) is 18.3 Å². The molecular weight excluding hydrogens is 350 g/mol. The fourth-order valence-corrected chi connectivity index (χ4v) is 3.46. The van der Waals surface area contributed by atoms with E-state index in [1.165, 1.54) is 24.1 Å². The van der Waals surface area contributed by atoms with Gasteiger partial charge in [-0.25, -0.2) is 9.78 Å². The van der Waals surface area contributed by atoms with Crippen LogP contribution in [0.5, 0.6) is 0 Å². The lowest BCUT2D eigenvalue weighted by molar-refractivity contribution is 0.00817. The molecule has 1 aliphatic carbocycles. The average Bonchev–Trinajstić information content (AvgIpc) is 3.43. The topological polar surface area (TPSA) is 45.7 Å². The molecule has 2 aliphatic rings. The molecular formula is C23H29N3O2. The van der Waals surface area contributed by atoms with Crippen molar-refractivity contribution in [3.63, 3.8) is 0 Å². The molecule has 1 saturated heterocycles. The van der Waals surface area contributed by atoms with E-state index >= 15 is 0 Å². The van der Waals surface area contributed by atoms with Crippen molar-refractivity contribution in [3.05, 3.63) is 54.2 Å². The minimum absolute atomic E-state index is 0.229. The van der Waals surface area contributed by atoms with Crippen molar-refractivity contribution in [3.8, 4) is 0 Å². The van der Waals surface area contributed by atoms with E-state index in [4.69, 9.17) is 9.72 Å². The van der Waals surface area contributed by atoms with Crippen LogP contribution in [-0.2, 0) is 4.74 Å². The van der Waals surface area contributed by atoms with Crippen LogP contribution < -0.4 is 4.90 Å². The summed E-state index contributed by atoms with van der Waals surface area (Å²) in [5, 5.41) is 0. The molecule has 1 amide bonds. The first-order valence-electron chi connectivity index (χ1n) is 10.2. The summed E-state index contributed by atoms with van der Waals surface area (Å²) >= 11 is 0. The maximum Gasteiger partial charge on any atom is 0.410 e. The van der Waals surface area contributed by atoms with Crippen LogP contribution in [0.2, 0.25) is 0 Å². The number of ether oxygens (including phenoxy) is 1. The van der Waals surface area contributed by atoms with Crippen molar-refractivity contribution in [1.82, 2.24) is 9.88 Å². The zero-order valence-corrected chi connectivity index (χ0v) is 17.0. The highest BCUT2D eigenvalue weighted by Gasteiger charge is 2.35. The maximum atomic E-state index is 12.1. The number of carbonyl (C=O) groups excluding carboxylic acids is 1. The lowest BCUT2D eigenvalue weighted by Gasteiger charge is -2.40. The average molecular weight is 380 g/mol. The van der Waals surface area contributed by atoms with Gasteiger partial charge in [0.1, 0.15) is 11.4 Å². The van der Waals surface area contributed by atoms with Gasteiger partial charge in [0.25, 0.3) is 0 Å². The molecule has 1 saturated carbocycles. The van der Waals surface area contributed by atoms with Gasteiger partial charge in [0.2, 0.25) is 0 Å². The smallest absolute Gasteiger partial charge is 0.410 e. The van der Waals surface area contributed by atoms with Gasteiger partial charge in [-0.15, -0.1) is 0 Å². The normalized spacial score (nSPS) is 17.2. The van der Waals surface area contributed by atoms with Crippen LogP contribution in [-0.4, -0.2) is 41.2 Å². The molecule has 0 radical (unpaired) electrons. The molecule has 0 spiro atoms. The summed E-state index contributed by atoms with van der Waals surface area (Å²) in [6.45, 7) is 8.09. The molecule has 1 aromatic heterocycles. The Balaban J connectivity index is 1.40. The summed E-state index contributed by atoms with van der Waals surface area (Å²) in [5.74, 6) is 2.10. The lowest BCUT2D eigenvalue weighted by Crippen LogP contribution is -2.50. The number of aromatic nitrogens is 1. The quantitative estimate of drug-likeness (QED) is 0.736. The van der Waals surface area contributed by atoms with Crippen LogP contribution in [0.25, 0.3) is 0 Å². The zero-order valence-electron chi connectivity index (χ0n) is 17.0. The Labute approximate surface area is 167 Å². The number of hydrogen-bond acceptors (Lipinski definition) is 4. The number of likely N-dealkylation sites (tertiary alicyclic amines) is 1. The second kappa shape index (κ2) is 7.46. The van der Waals surface area contributed by atoms with Crippen molar-refractivity contribution >= 4 is 17.6 Å². The Morgan fingerprint density at radius 2 is 1.86 bits per heavy atom. The van der Waals surface area contributed by atoms with E-state index in [-0.39, 0.29) is 6.09 Å². The Hall–Kier alpha value is -2.56. The molecule has 2 heterocycles. The minimum Gasteiger partial charge on any atom is -0.444 e. The first-order chi connectivity index (χ1) is 13.4. The Bertz CT molecular complexity index is 804. The van der Waals surface area contributed by atoms with Crippen molar-refractivity contribution in [2.45, 2.75) is 45.1 Å². The lowest BCUT2D eigenvalue weighted by atomic mass is 9.93. The Morgan fingerprint density at radius 3 is 2.43 bits per heavy atom. The Morgan fingerprint density at radius 1 is 1.14 bits per heavy atom. The molecule has 1 aromatic carbocycles. The summed E-state index contributed by atoms with van der Waals surface area (Å²) in [7, 11) is 0. The van der Waals surface area contributed by atoms with Crippen LogP contribution in [0.3, 0.4) is 0 Å². The molecule has 0 unspecified atom stereocenters. The Kier molecular flexibility index (Phi) is 5.00. The van der Waals surface area contributed by atoms with E-state index in [1.54, 1.807) is 4.90 Å². The summed E-state index contributed by atoms with van der Waals surface area (Å²) in [4.78, 5) is 20.9. The van der Waals surface area contributed by atoms with E-state index in [2.05, 4.69) is 41.3 Å². The molecule has 28 heavy (non-hydrogen) atoms. The highest BCUT2D eigenvalue weighted by molar-refractivity contribution is 5.69. The fourth-order valence-electron chi connectivity index (χ4n) is 3.46. The van der Waals surface area contributed by atoms with Crippen LogP contribution in [0, 0.1) is 5.92 Å². The number of anilines is 2. The van der Waals surface area contributed by atoms with E-state index < -0.39 is 5.60 Å². The third-order valence-electron chi connectivity index (χ3n) is 5.26. The molecule has 5 heteroatoms. The van der Waals surface area contributed by atoms with Crippen LogP contribution in [0.1, 0.15) is 45.1 Å². The summed E-state index contributed by atoms with van der Waals surface area (Å²) < 4.78 is 5.43. The van der Waals surface area contributed by atoms with Gasteiger partial charge in [-0.3, -0.25) is 0 Å². The number of hydrogen-bond donors (Lipinski definition) is 0. The largest absolute Gasteiger partial charge is 0.444 e. The molecule has 0 bridgehead atoms. The molecule has 2 aromatic rings. The van der Waals surface area contributed by atoms with E-state index in [0.29, 0.717) is 19.0 Å².